The predicted octanol–water partition coefficient (Wildman–Crippen LogP) is -0.0323. The minimum absolute atomic E-state index is 0.101. The molecule has 14 heavy (non-hydrogen) atoms. The average Bonchev–Trinajstić information content (AvgIpc) is 2.08. The third-order valence-electron chi connectivity index (χ3n) is 2.61. The molecule has 0 heterocycles. The lowest BCUT2D eigenvalue weighted by molar-refractivity contribution is -0.128. The van der Waals surface area contributed by atoms with Crippen molar-refractivity contribution >= 4 is 5.91 Å². The monoisotopic (exact) mass is 200 g/mol. The molecule has 2 N–H and O–H groups in total. The van der Waals surface area contributed by atoms with Gasteiger partial charge in [0.05, 0.1) is 6.10 Å². The maximum atomic E-state index is 11.2. The van der Waals surface area contributed by atoms with Gasteiger partial charge in [-0.05, 0) is 25.8 Å². The largest absolute Gasteiger partial charge is 0.393 e. The molecule has 0 atom stereocenters. The van der Waals surface area contributed by atoms with Gasteiger partial charge >= 0.3 is 0 Å². The van der Waals surface area contributed by atoms with E-state index in [1.165, 1.54) is 0 Å². The van der Waals surface area contributed by atoms with Crippen LogP contribution in [0.1, 0.15) is 25.7 Å². The molecule has 1 aliphatic rings. The molecule has 4 heteroatoms. The summed E-state index contributed by atoms with van der Waals surface area (Å²) in [7, 11) is 3.55. The van der Waals surface area contributed by atoms with E-state index >= 15 is 0 Å². The van der Waals surface area contributed by atoms with Crippen molar-refractivity contribution in [1.29, 1.82) is 0 Å². The van der Waals surface area contributed by atoms with Gasteiger partial charge in [0.15, 0.2) is 0 Å². The van der Waals surface area contributed by atoms with Gasteiger partial charge in [0, 0.05) is 26.6 Å². The summed E-state index contributed by atoms with van der Waals surface area (Å²) >= 11 is 0. The lowest BCUT2D eigenvalue weighted by atomic mass is 9.89. The summed E-state index contributed by atoms with van der Waals surface area (Å²) in [5.74, 6) is 0.181. The van der Waals surface area contributed by atoms with Crippen molar-refractivity contribution in [2.45, 2.75) is 37.8 Å². The lowest BCUT2D eigenvalue weighted by Gasteiger charge is -2.32. The van der Waals surface area contributed by atoms with Gasteiger partial charge in [-0.25, -0.2) is 0 Å². The molecule has 82 valence electrons. The van der Waals surface area contributed by atoms with Crippen molar-refractivity contribution in [2.24, 2.45) is 0 Å². The second kappa shape index (κ2) is 5.32. The summed E-state index contributed by atoms with van der Waals surface area (Å²) < 4.78 is 0. The Labute approximate surface area is 85.3 Å². The molecule has 0 unspecified atom stereocenters. The number of aliphatic hydroxyl groups is 1. The summed E-state index contributed by atoms with van der Waals surface area (Å²) in [5.41, 5.74) is 0. The Morgan fingerprint density at radius 2 is 2.14 bits per heavy atom. The number of amides is 1. The highest BCUT2D eigenvalue weighted by Crippen LogP contribution is 2.18. The minimum atomic E-state index is -0.101. The number of rotatable bonds is 5. The highest BCUT2D eigenvalue weighted by molar-refractivity contribution is 5.75. The van der Waals surface area contributed by atoms with E-state index in [0.717, 1.165) is 25.8 Å². The smallest absolute Gasteiger partial charge is 0.222 e. The van der Waals surface area contributed by atoms with E-state index in [2.05, 4.69) is 5.32 Å². The van der Waals surface area contributed by atoms with Gasteiger partial charge in [-0.1, -0.05) is 0 Å². The van der Waals surface area contributed by atoms with Crippen LogP contribution in [-0.2, 0) is 4.79 Å². The fraction of sp³-hybridized carbons (Fsp3) is 0.900. The van der Waals surface area contributed by atoms with Gasteiger partial charge in [0.2, 0.25) is 5.91 Å². The molecular weight excluding hydrogens is 180 g/mol. The Bertz CT molecular complexity index is 189. The van der Waals surface area contributed by atoms with Crippen LogP contribution in [0, 0.1) is 0 Å². The normalized spacial score (nSPS) is 25.6. The zero-order valence-electron chi connectivity index (χ0n) is 8.99. The first-order valence-electron chi connectivity index (χ1n) is 5.21. The number of aliphatic hydroxyl groups excluding tert-OH is 1. The second-order valence-corrected chi connectivity index (χ2v) is 4.17. The van der Waals surface area contributed by atoms with Crippen LogP contribution in [0.3, 0.4) is 0 Å². The molecule has 0 aromatic heterocycles. The van der Waals surface area contributed by atoms with E-state index in [1.807, 2.05) is 0 Å². The summed E-state index contributed by atoms with van der Waals surface area (Å²) in [6.07, 6.45) is 3.11. The maximum Gasteiger partial charge on any atom is 0.222 e. The van der Waals surface area contributed by atoms with Crippen molar-refractivity contribution in [3.63, 3.8) is 0 Å². The quantitative estimate of drug-likeness (QED) is 0.613. The van der Waals surface area contributed by atoms with Gasteiger partial charge in [0.1, 0.15) is 0 Å². The minimum Gasteiger partial charge on any atom is -0.393 e. The number of hydrogen-bond donors (Lipinski definition) is 2. The molecule has 0 aromatic carbocycles. The van der Waals surface area contributed by atoms with Crippen LogP contribution < -0.4 is 5.32 Å². The third-order valence-corrected chi connectivity index (χ3v) is 2.61. The Balaban J connectivity index is 1.92. The first-order chi connectivity index (χ1) is 6.59. The van der Waals surface area contributed by atoms with Crippen LogP contribution in [0.4, 0.5) is 0 Å². The van der Waals surface area contributed by atoms with E-state index in [4.69, 9.17) is 5.11 Å². The standard InChI is InChI=1S/C10H20N2O2/c1-12(2)10(14)4-3-5-11-8-6-9(13)7-8/h8-9,11,13H,3-7H2,1-2H3. The van der Waals surface area contributed by atoms with Crippen LogP contribution in [0.15, 0.2) is 0 Å². The molecule has 0 spiro atoms. The molecule has 0 aromatic rings. The van der Waals surface area contributed by atoms with Crippen LogP contribution in [-0.4, -0.2) is 48.7 Å². The lowest BCUT2D eigenvalue weighted by Crippen LogP contribution is -2.44. The topological polar surface area (TPSA) is 52.6 Å². The molecule has 1 fully saturated rings. The average molecular weight is 200 g/mol. The summed E-state index contributed by atoms with van der Waals surface area (Å²) in [4.78, 5) is 12.8. The summed E-state index contributed by atoms with van der Waals surface area (Å²) in [6, 6.07) is 0.472. The van der Waals surface area contributed by atoms with Crippen LogP contribution >= 0.6 is 0 Å². The van der Waals surface area contributed by atoms with E-state index in [0.29, 0.717) is 12.5 Å². The predicted molar refractivity (Wildman–Crippen MR) is 55.0 cm³/mol. The molecular formula is C10H20N2O2. The Hall–Kier alpha value is -0.610. The first-order valence-corrected chi connectivity index (χ1v) is 5.21. The fourth-order valence-electron chi connectivity index (χ4n) is 1.52. The van der Waals surface area contributed by atoms with Gasteiger partial charge in [-0.3, -0.25) is 4.79 Å². The SMILES string of the molecule is CN(C)C(=O)CCCNC1CC(O)C1. The van der Waals surface area contributed by atoms with E-state index in [9.17, 15) is 4.79 Å². The molecule has 4 nitrogen and oxygen atoms in total. The van der Waals surface area contributed by atoms with Crippen LogP contribution in [0.2, 0.25) is 0 Å². The second-order valence-electron chi connectivity index (χ2n) is 4.17. The van der Waals surface area contributed by atoms with Crippen molar-refractivity contribution in [1.82, 2.24) is 10.2 Å². The van der Waals surface area contributed by atoms with Crippen molar-refractivity contribution in [2.75, 3.05) is 20.6 Å². The first kappa shape index (κ1) is 11.5. The van der Waals surface area contributed by atoms with Gasteiger partial charge in [-0.2, -0.15) is 0 Å². The highest BCUT2D eigenvalue weighted by atomic mass is 16.3. The van der Waals surface area contributed by atoms with E-state index in [1.54, 1.807) is 19.0 Å². The summed E-state index contributed by atoms with van der Waals surface area (Å²) in [6.45, 7) is 0.872. The summed E-state index contributed by atoms with van der Waals surface area (Å²) in [5, 5.41) is 12.3. The van der Waals surface area contributed by atoms with Crippen LogP contribution in [0.25, 0.3) is 0 Å². The third kappa shape index (κ3) is 3.64. The number of carbonyl (C=O) groups excluding carboxylic acids is 1. The fourth-order valence-corrected chi connectivity index (χ4v) is 1.52. The molecule has 0 saturated heterocycles. The molecule has 1 rings (SSSR count). The Kier molecular flexibility index (Phi) is 4.35. The molecule has 0 bridgehead atoms. The molecule has 0 aliphatic heterocycles. The Morgan fingerprint density at radius 3 is 2.64 bits per heavy atom. The molecule has 1 saturated carbocycles. The van der Waals surface area contributed by atoms with E-state index in [-0.39, 0.29) is 12.0 Å². The van der Waals surface area contributed by atoms with Crippen molar-refractivity contribution in [3.8, 4) is 0 Å². The number of hydrogen-bond acceptors (Lipinski definition) is 3. The highest BCUT2D eigenvalue weighted by Gasteiger charge is 2.25. The van der Waals surface area contributed by atoms with Gasteiger partial charge < -0.3 is 15.3 Å². The van der Waals surface area contributed by atoms with Gasteiger partial charge in [-0.15, -0.1) is 0 Å². The van der Waals surface area contributed by atoms with Crippen molar-refractivity contribution < 1.29 is 9.90 Å². The zero-order valence-corrected chi connectivity index (χ0v) is 8.99. The number of nitrogens with zero attached hydrogens (tertiary/aromatic N) is 1. The van der Waals surface area contributed by atoms with Crippen molar-refractivity contribution in [3.05, 3.63) is 0 Å². The molecule has 1 amide bonds. The molecule has 1 aliphatic carbocycles. The molecule has 0 radical (unpaired) electrons. The number of carbonyl (C=O) groups is 1. The van der Waals surface area contributed by atoms with Crippen LogP contribution in [0.5, 0.6) is 0 Å². The van der Waals surface area contributed by atoms with E-state index < -0.39 is 0 Å². The maximum absolute atomic E-state index is 11.2. The van der Waals surface area contributed by atoms with Gasteiger partial charge in [0.25, 0.3) is 0 Å². The zero-order chi connectivity index (χ0) is 10.6. The Morgan fingerprint density at radius 1 is 1.50 bits per heavy atom. The number of nitrogens with one attached hydrogen (secondary N) is 1.